The van der Waals surface area contributed by atoms with Gasteiger partial charge in [0.1, 0.15) is 5.56 Å². The Bertz CT molecular complexity index is 597. The number of aliphatic hydroxyl groups excluding tert-OH is 1. The molecule has 0 amide bonds. The summed E-state index contributed by atoms with van der Waals surface area (Å²) in [5.74, 6) is -0.540. The van der Waals surface area contributed by atoms with E-state index in [0.717, 1.165) is 12.8 Å². The summed E-state index contributed by atoms with van der Waals surface area (Å²) >= 11 is 0. The Kier molecular flexibility index (Phi) is 3.27. The van der Waals surface area contributed by atoms with Crippen molar-refractivity contribution in [3.63, 3.8) is 0 Å². The number of carboxylic acids is 1. The molecular formula is C13H16N4O3. The van der Waals surface area contributed by atoms with Gasteiger partial charge in [0.25, 0.3) is 0 Å². The highest BCUT2D eigenvalue weighted by atomic mass is 16.4. The topological polar surface area (TPSA) is 93.2 Å². The van der Waals surface area contributed by atoms with E-state index in [1.165, 1.54) is 10.9 Å². The fourth-order valence-corrected chi connectivity index (χ4v) is 2.70. The molecule has 0 aliphatic heterocycles. The van der Waals surface area contributed by atoms with E-state index in [0.29, 0.717) is 18.7 Å². The molecule has 3 rings (SSSR count). The summed E-state index contributed by atoms with van der Waals surface area (Å²) in [6.07, 6.45) is 7.42. The van der Waals surface area contributed by atoms with Gasteiger partial charge in [0.05, 0.1) is 18.3 Å². The number of rotatable bonds is 3. The van der Waals surface area contributed by atoms with Gasteiger partial charge in [-0.05, 0) is 31.7 Å². The molecule has 0 spiro atoms. The SMILES string of the molecule is O=C(O)c1cnn(C2CCC(O)CC2)c1-n1cccn1. The van der Waals surface area contributed by atoms with Crippen LogP contribution in [-0.2, 0) is 0 Å². The van der Waals surface area contributed by atoms with Crippen molar-refractivity contribution in [3.05, 3.63) is 30.2 Å². The van der Waals surface area contributed by atoms with Crippen LogP contribution in [0.3, 0.4) is 0 Å². The normalized spacial score (nSPS) is 22.9. The van der Waals surface area contributed by atoms with E-state index in [1.807, 2.05) is 0 Å². The molecule has 1 fully saturated rings. The first-order valence-corrected chi connectivity index (χ1v) is 6.65. The second-order valence-corrected chi connectivity index (χ2v) is 5.04. The van der Waals surface area contributed by atoms with Crippen molar-refractivity contribution in [2.75, 3.05) is 0 Å². The molecule has 1 aliphatic rings. The van der Waals surface area contributed by atoms with Crippen LogP contribution in [0.15, 0.2) is 24.7 Å². The zero-order valence-electron chi connectivity index (χ0n) is 10.9. The summed E-state index contributed by atoms with van der Waals surface area (Å²) in [6, 6.07) is 1.85. The minimum Gasteiger partial charge on any atom is -0.477 e. The fourth-order valence-electron chi connectivity index (χ4n) is 2.70. The molecule has 7 heteroatoms. The average Bonchev–Trinajstić information content (AvgIpc) is 3.08. The van der Waals surface area contributed by atoms with E-state index >= 15 is 0 Å². The Labute approximate surface area is 115 Å². The van der Waals surface area contributed by atoms with Crippen LogP contribution in [0.2, 0.25) is 0 Å². The molecule has 0 bridgehead atoms. The summed E-state index contributed by atoms with van der Waals surface area (Å²) in [5.41, 5.74) is 0.139. The number of nitrogens with zero attached hydrogens (tertiary/aromatic N) is 4. The van der Waals surface area contributed by atoms with E-state index < -0.39 is 5.97 Å². The van der Waals surface area contributed by atoms with E-state index in [1.54, 1.807) is 23.1 Å². The largest absolute Gasteiger partial charge is 0.477 e. The molecule has 0 radical (unpaired) electrons. The summed E-state index contributed by atoms with van der Waals surface area (Å²) in [5, 5.41) is 27.2. The number of hydrogen-bond donors (Lipinski definition) is 2. The first-order chi connectivity index (χ1) is 9.66. The summed E-state index contributed by atoms with van der Waals surface area (Å²) in [6.45, 7) is 0. The summed E-state index contributed by atoms with van der Waals surface area (Å²) < 4.78 is 3.25. The van der Waals surface area contributed by atoms with Gasteiger partial charge in [-0.3, -0.25) is 0 Å². The predicted molar refractivity (Wildman–Crippen MR) is 69.8 cm³/mol. The number of aromatic nitrogens is 4. The number of hydrogen-bond acceptors (Lipinski definition) is 4. The van der Waals surface area contributed by atoms with Gasteiger partial charge in [0.15, 0.2) is 5.82 Å². The van der Waals surface area contributed by atoms with Crippen LogP contribution in [0.25, 0.3) is 5.82 Å². The van der Waals surface area contributed by atoms with Gasteiger partial charge in [0, 0.05) is 12.4 Å². The standard InChI is InChI=1S/C13H16N4O3/c18-10-4-2-9(3-5-10)17-12(16-7-1-6-14-16)11(8-15-17)13(19)20/h1,6-10,18H,2-5H2,(H,19,20). The van der Waals surface area contributed by atoms with Crippen LogP contribution in [0, 0.1) is 0 Å². The van der Waals surface area contributed by atoms with Crippen molar-refractivity contribution in [1.29, 1.82) is 0 Å². The number of carboxylic acid groups (broad SMARTS) is 1. The minimum atomic E-state index is -1.02. The molecule has 0 saturated heterocycles. The lowest BCUT2D eigenvalue weighted by Gasteiger charge is -2.26. The van der Waals surface area contributed by atoms with Gasteiger partial charge in [-0.1, -0.05) is 0 Å². The maximum atomic E-state index is 11.3. The van der Waals surface area contributed by atoms with Gasteiger partial charge >= 0.3 is 5.97 Å². The third kappa shape index (κ3) is 2.20. The molecule has 2 N–H and O–H groups in total. The fraction of sp³-hybridized carbons (Fsp3) is 0.462. The number of aromatic carboxylic acids is 1. The smallest absolute Gasteiger partial charge is 0.341 e. The van der Waals surface area contributed by atoms with Crippen LogP contribution >= 0.6 is 0 Å². The highest BCUT2D eigenvalue weighted by Gasteiger charge is 2.27. The van der Waals surface area contributed by atoms with Gasteiger partial charge < -0.3 is 10.2 Å². The predicted octanol–water partition coefficient (Wildman–Crippen LogP) is 1.24. The molecule has 2 aromatic rings. The highest BCUT2D eigenvalue weighted by Crippen LogP contribution is 2.30. The lowest BCUT2D eigenvalue weighted by molar-refractivity contribution is 0.0696. The van der Waals surface area contributed by atoms with E-state index in [4.69, 9.17) is 0 Å². The highest BCUT2D eigenvalue weighted by molar-refractivity contribution is 5.90. The van der Waals surface area contributed by atoms with Crippen molar-refractivity contribution < 1.29 is 15.0 Å². The number of aliphatic hydroxyl groups is 1. The zero-order chi connectivity index (χ0) is 14.1. The average molecular weight is 276 g/mol. The van der Waals surface area contributed by atoms with Crippen LogP contribution in [-0.4, -0.2) is 41.8 Å². The van der Waals surface area contributed by atoms with Gasteiger partial charge in [0.2, 0.25) is 0 Å². The van der Waals surface area contributed by atoms with Crippen molar-refractivity contribution in [1.82, 2.24) is 19.6 Å². The van der Waals surface area contributed by atoms with Crippen molar-refractivity contribution in [2.45, 2.75) is 37.8 Å². The Morgan fingerprint density at radius 3 is 2.60 bits per heavy atom. The van der Waals surface area contributed by atoms with E-state index in [-0.39, 0.29) is 17.7 Å². The first kappa shape index (κ1) is 12.9. The molecule has 0 aromatic carbocycles. The molecular weight excluding hydrogens is 260 g/mol. The molecule has 0 unspecified atom stereocenters. The Hall–Kier alpha value is -2.15. The lowest BCUT2D eigenvalue weighted by Crippen LogP contribution is -2.24. The van der Waals surface area contributed by atoms with Gasteiger partial charge in [-0.25, -0.2) is 14.2 Å². The van der Waals surface area contributed by atoms with Crippen LogP contribution in [0.1, 0.15) is 42.1 Å². The lowest BCUT2D eigenvalue weighted by atomic mass is 9.93. The van der Waals surface area contributed by atoms with E-state index in [2.05, 4.69) is 10.2 Å². The molecule has 106 valence electrons. The quantitative estimate of drug-likeness (QED) is 0.879. The molecule has 1 aliphatic carbocycles. The first-order valence-electron chi connectivity index (χ1n) is 6.65. The number of carbonyl (C=O) groups is 1. The molecule has 20 heavy (non-hydrogen) atoms. The van der Waals surface area contributed by atoms with Crippen molar-refractivity contribution in [2.24, 2.45) is 0 Å². The van der Waals surface area contributed by atoms with Gasteiger partial charge in [-0.15, -0.1) is 0 Å². The van der Waals surface area contributed by atoms with Gasteiger partial charge in [-0.2, -0.15) is 10.2 Å². The molecule has 2 heterocycles. The molecule has 2 aromatic heterocycles. The molecule has 1 saturated carbocycles. The third-order valence-electron chi connectivity index (χ3n) is 3.73. The zero-order valence-corrected chi connectivity index (χ0v) is 10.9. The van der Waals surface area contributed by atoms with Crippen molar-refractivity contribution in [3.8, 4) is 5.82 Å². The monoisotopic (exact) mass is 276 g/mol. The third-order valence-corrected chi connectivity index (χ3v) is 3.73. The van der Waals surface area contributed by atoms with Crippen molar-refractivity contribution >= 4 is 5.97 Å². The van der Waals surface area contributed by atoms with Crippen LogP contribution in [0.4, 0.5) is 0 Å². The Balaban J connectivity index is 2.01. The maximum absolute atomic E-state index is 11.3. The van der Waals surface area contributed by atoms with Crippen LogP contribution in [0.5, 0.6) is 0 Å². The second kappa shape index (κ2) is 5.09. The minimum absolute atomic E-state index is 0.102. The maximum Gasteiger partial charge on any atom is 0.341 e. The molecule has 7 nitrogen and oxygen atoms in total. The van der Waals surface area contributed by atoms with E-state index in [9.17, 15) is 15.0 Å². The second-order valence-electron chi connectivity index (χ2n) is 5.04. The summed E-state index contributed by atoms with van der Waals surface area (Å²) in [7, 11) is 0. The Morgan fingerprint density at radius 1 is 1.25 bits per heavy atom. The Morgan fingerprint density at radius 2 is 2.00 bits per heavy atom. The van der Waals surface area contributed by atoms with Crippen LogP contribution < -0.4 is 0 Å². The summed E-state index contributed by atoms with van der Waals surface area (Å²) in [4.78, 5) is 11.3. The molecule has 0 atom stereocenters.